The molecule has 0 radical (unpaired) electrons. The Balaban J connectivity index is 2.05. The minimum Gasteiger partial charge on any atom is -0.312 e. The number of nitro benzene ring substituents is 1. The van der Waals surface area contributed by atoms with Crippen LogP contribution in [0, 0.1) is 20.2 Å². The van der Waals surface area contributed by atoms with E-state index in [0.717, 1.165) is 0 Å². The highest BCUT2D eigenvalue weighted by Crippen LogP contribution is 2.47. The van der Waals surface area contributed by atoms with Crippen molar-refractivity contribution >= 4 is 11.4 Å². The van der Waals surface area contributed by atoms with Gasteiger partial charge >= 0.3 is 5.66 Å². The summed E-state index contributed by atoms with van der Waals surface area (Å²) >= 11 is 0. The summed E-state index contributed by atoms with van der Waals surface area (Å²) in [5, 5.41) is 26.4. The normalized spacial score (nSPS) is 17.5. The van der Waals surface area contributed by atoms with Crippen molar-refractivity contribution in [3.63, 3.8) is 0 Å². The van der Waals surface area contributed by atoms with E-state index in [4.69, 9.17) is 0 Å². The van der Waals surface area contributed by atoms with Crippen LogP contribution in [0.15, 0.2) is 72.8 Å². The molecule has 3 aromatic carbocycles. The van der Waals surface area contributed by atoms with Crippen LogP contribution in [0.2, 0.25) is 0 Å². The average molecular weight is 347 g/mol. The summed E-state index contributed by atoms with van der Waals surface area (Å²) in [6.07, 6.45) is 0. The lowest BCUT2D eigenvalue weighted by Gasteiger charge is -2.34. The summed E-state index contributed by atoms with van der Waals surface area (Å²) in [5.41, 5.74) is 0.836. The summed E-state index contributed by atoms with van der Waals surface area (Å²) in [6.45, 7) is 0. The Morgan fingerprint density at radius 3 is 2.19 bits per heavy atom. The minimum atomic E-state index is -1.72. The van der Waals surface area contributed by atoms with E-state index in [2.05, 4.69) is 5.32 Å². The lowest BCUT2D eigenvalue weighted by Crippen LogP contribution is -2.46. The molecule has 0 spiro atoms. The second kappa shape index (κ2) is 5.66. The van der Waals surface area contributed by atoms with Gasteiger partial charge in [0, 0.05) is 17.7 Å². The topological polar surface area (TPSA) is 98.3 Å². The number of nitrogens with one attached hydrogen (secondary N) is 1. The van der Waals surface area contributed by atoms with Crippen molar-refractivity contribution in [3.8, 4) is 11.1 Å². The van der Waals surface area contributed by atoms with E-state index in [1.54, 1.807) is 60.7 Å². The van der Waals surface area contributed by atoms with Crippen molar-refractivity contribution in [2.24, 2.45) is 0 Å². The number of benzene rings is 3. The number of non-ortho nitro benzene ring substituents is 1. The Morgan fingerprint density at radius 1 is 0.808 bits per heavy atom. The molecule has 3 aromatic rings. The van der Waals surface area contributed by atoms with Gasteiger partial charge in [0.1, 0.15) is 0 Å². The van der Waals surface area contributed by atoms with E-state index in [1.807, 2.05) is 0 Å². The van der Waals surface area contributed by atoms with E-state index in [-0.39, 0.29) is 10.6 Å². The highest BCUT2D eigenvalue weighted by Gasteiger charge is 2.51. The second-order valence-corrected chi connectivity index (χ2v) is 5.99. The first-order valence-corrected chi connectivity index (χ1v) is 7.90. The predicted octanol–water partition coefficient (Wildman–Crippen LogP) is 4.17. The molecule has 0 amide bonds. The van der Waals surface area contributed by atoms with Crippen LogP contribution in [0.3, 0.4) is 0 Å². The molecule has 1 N–H and O–H groups in total. The molecule has 1 heterocycles. The first-order valence-electron chi connectivity index (χ1n) is 7.90. The highest BCUT2D eigenvalue weighted by atomic mass is 16.6. The number of hydrogen-bond donors (Lipinski definition) is 1. The van der Waals surface area contributed by atoms with Gasteiger partial charge < -0.3 is 5.32 Å². The number of fused-ring (bicyclic) bond motifs is 3. The molecular weight excluding hydrogens is 334 g/mol. The van der Waals surface area contributed by atoms with E-state index in [0.29, 0.717) is 27.9 Å². The molecule has 26 heavy (non-hydrogen) atoms. The Bertz CT molecular complexity index is 1040. The van der Waals surface area contributed by atoms with Crippen molar-refractivity contribution in [3.05, 3.63) is 104 Å². The Kier molecular flexibility index (Phi) is 3.43. The number of anilines is 1. The first kappa shape index (κ1) is 15.8. The third-order valence-electron chi connectivity index (χ3n) is 4.60. The van der Waals surface area contributed by atoms with E-state index in [1.165, 1.54) is 12.1 Å². The Morgan fingerprint density at radius 2 is 1.50 bits per heavy atom. The standard InChI is InChI=1S/C19H13N3O4/c23-21(24)14-10-11-16-15-8-4-5-9-17(15)19(22(25)26,20-18(16)12-14)13-6-2-1-3-7-13/h1-12,20H. The summed E-state index contributed by atoms with van der Waals surface area (Å²) in [7, 11) is 0. The summed E-state index contributed by atoms with van der Waals surface area (Å²) in [5.74, 6) is 0. The summed E-state index contributed by atoms with van der Waals surface area (Å²) < 4.78 is 0. The van der Waals surface area contributed by atoms with Gasteiger partial charge in [-0.2, -0.15) is 0 Å². The predicted molar refractivity (Wildman–Crippen MR) is 96.4 cm³/mol. The fourth-order valence-corrected chi connectivity index (χ4v) is 3.44. The minimum absolute atomic E-state index is 0.124. The number of hydrogen-bond acceptors (Lipinski definition) is 5. The van der Waals surface area contributed by atoms with Gasteiger partial charge in [0.05, 0.1) is 26.7 Å². The second-order valence-electron chi connectivity index (χ2n) is 5.99. The lowest BCUT2D eigenvalue weighted by atomic mass is 9.82. The molecule has 1 atom stereocenters. The maximum Gasteiger partial charge on any atom is 0.346 e. The highest BCUT2D eigenvalue weighted by molar-refractivity contribution is 5.86. The molecule has 4 rings (SSSR count). The first-order chi connectivity index (χ1) is 12.5. The van der Waals surface area contributed by atoms with Crippen molar-refractivity contribution in [2.75, 3.05) is 5.32 Å². The number of rotatable bonds is 3. The van der Waals surface area contributed by atoms with E-state index >= 15 is 0 Å². The van der Waals surface area contributed by atoms with Crippen molar-refractivity contribution < 1.29 is 9.85 Å². The monoisotopic (exact) mass is 347 g/mol. The van der Waals surface area contributed by atoms with Gasteiger partial charge in [-0.05, 0) is 29.8 Å². The van der Waals surface area contributed by atoms with Gasteiger partial charge in [0.25, 0.3) is 5.69 Å². The zero-order chi connectivity index (χ0) is 18.3. The van der Waals surface area contributed by atoms with E-state index < -0.39 is 10.6 Å². The number of nitrogens with zero attached hydrogens (tertiary/aromatic N) is 2. The average Bonchev–Trinajstić information content (AvgIpc) is 2.67. The van der Waals surface area contributed by atoms with Gasteiger partial charge in [0.15, 0.2) is 0 Å². The van der Waals surface area contributed by atoms with Crippen LogP contribution in [-0.2, 0) is 5.66 Å². The SMILES string of the molecule is O=[N+]([O-])c1ccc2c(c1)NC(c1ccccc1)([N+](=O)[O-])c1ccccc1-2. The zero-order valence-corrected chi connectivity index (χ0v) is 13.5. The molecule has 0 fully saturated rings. The molecule has 0 aromatic heterocycles. The molecule has 128 valence electrons. The number of nitro groups is 2. The molecule has 1 unspecified atom stereocenters. The van der Waals surface area contributed by atoms with Crippen molar-refractivity contribution in [2.45, 2.75) is 5.66 Å². The third kappa shape index (κ3) is 2.14. The van der Waals surface area contributed by atoms with Crippen LogP contribution < -0.4 is 5.32 Å². The van der Waals surface area contributed by atoms with Gasteiger partial charge in [-0.3, -0.25) is 20.2 Å². The maximum atomic E-state index is 12.3. The fourth-order valence-electron chi connectivity index (χ4n) is 3.44. The van der Waals surface area contributed by atoms with Gasteiger partial charge in [-0.1, -0.05) is 36.4 Å². The van der Waals surface area contributed by atoms with E-state index in [9.17, 15) is 20.2 Å². The maximum absolute atomic E-state index is 12.3. The van der Waals surface area contributed by atoms with Crippen LogP contribution in [0.4, 0.5) is 11.4 Å². The molecule has 0 saturated heterocycles. The van der Waals surface area contributed by atoms with Crippen LogP contribution in [-0.4, -0.2) is 9.85 Å². The molecule has 1 aliphatic rings. The van der Waals surface area contributed by atoms with Gasteiger partial charge in [0.2, 0.25) is 0 Å². The third-order valence-corrected chi connectivity index (χ3v) is 4.60. The molecule has 0 saturated carbocycles. The zero-order valence-electron chi connectivity index (χ0n) is 13.5. The Labute approximate surface area is 148 Å². The Hall–Kier alpha value is -3.74. The molecule has 7 nitrogen and oxygen atoms in total. The molecule has 7 heteroatoms. The lowest BCUT2D eigenvalue weighted by molar-refractivity contribution is -0.557. The summed E-state index contributed by atoms with van der Waals surface area (Å²) in [6, 6.07) is 20.0. The van der Waals surface area contributed by atoms with Gasteiger partial charge in [-0.15, -0.1) is 0 Å². The van der Waals surface area contributed by atoms with Crippen LogP contribution in [0.25, 0.3) is 11.1 Å². The smallest absolute Gasteiger partial charge is 0.312 e. The van der Waals surface area contributed by atoms with Gasteiger partial charge in [-0.25, -0.2) is 0 Å². The van der Waals surface area contributed by atoms with Crippen molar-refractivity contribution in [1.29, 1.82) is 0 Å². The molecule has 1 aliphatic heterocycles. The van der Waals surface area contributed by atoms with Crippen LogP contribution in [0.5, 0.6) is 0 Å². The van der Waals surface area contributed by atoms with Crippen LogP contribution in [0.1, 0.15) is 11.1 Å². The van der Waals surface area contributed by atoms with Crippen LogP contribution >= 0.6 is 0 Å². The fraction of sp³-hybridized carbons (Fsp3) is 0.0526. The molecule has 0 bridgehead atoms. The molecule has 0 aliphatic carbocycles. The van der Waals surface area contributed by atoms with Crippen molar-refractivity contribution in [1.82, 2.24) is 0 Å². The molecular formula is C19H13N3O4. The quantitative estimate of drug-likeness (QED) is 0.566. The summed E-state index contributed by atoms with van der Waals surface area (Å²) in [4.78, 5) is 22.5. The largest absolute Gasteiger partial charge is 0.346 e.